The van der Waals surface area contributed by atoms with Crippen LogP contribution in [-0.2, 0) is 4.79 Å². The number of nitrogens with zero attached hydrogens (tertiary/aromatic N) is 1. The van der Waals surface area contributed by atoms with E-state index in [9.17, 15) is 9.18 Å². The molecule has 1 aliphatic heterocycles. The topological polar surface area (TPSA) is 55.6 Å². The molecule has 124 valence electrons. The van der Waals surface area contributed by atoms with Crippen molar-refractivity contribution in [2.24, 2.45) is 11.7 Å². The predicted octanol–water partition coefficient (Wildman–Crippen LogP) is 2.60. The minimum absolute atomic E-state index is 0. The molecule has 1 amide bonds. The first kappa shape index (κ1) is 18.7. The molecule has 0 saturated carbocycles. The normalized spacial score (nSPS) is 16.8. The van der Waals surface area contributed by atoms with Crippen LogP contribution in [0.15, 0.2) is 24.3 Å². The van der Waals surface area contributed by atoms with Gasteiger partial charge in [-0.1, -0.05) is 12.1 Å². The number of halogens is 2. The SMILES string of the molecule is CC(N)C1CCN(C(=O)CCOc2ccccc2F)CC1.Cl. The van der Waals surface area contributed by atoms with Gasteiger partial charge in [0.2, 0.25) is 5.91 Å². The summed E-state index contributed by atoms with van der Waals surface area (Å²) in [5.74, 6) is 0.363. The van der Waals surface area contributed by atoms with Crippen LogP contribution in [0.3, 0.4) is 0 Å². The van der Waals surface area contributed by atoms with Gasteiger partial charge in [0.05, 0.1) is 13.0 Å². The first-order valence-corrected chi connectivity index (χ1v) is 7.48. The number of hydrogen-bond donors (Lipinski definition) is 1. The molecule has 0 spiro atoms. The maximum absolute atomic E-state index is 13.4. The Hall–Kier alpha value is -1.33. The zero-order chi connectivity index (χ0) is 15.2. The number of para-hydroxylation sites is 1. The highest BCUT2D eigenvalue weighted by molar-refractivity contribution is 5.85. The van der Waals surface area contributed by atoms with Gasteiger partial charge in [-0.25, -0.2) is 4.39 Å². The number of ether oxygens (including phenoxy) is 1. The summed E-state index contributed by atoms with van der Waals surface area (Å²) in [6, 6.07) is 6.41. The van der Waals surface area contributed by atoms with E-state index in [4.69, 9.17) is 10.5 Å². The van der Waals surface area contributed by atoms with Crippen LogP contribution in [0.5, 0.6) is 5.75 Å². The number of hydrogen-bond acceptors (Lipinski definition) is 3. The van der Waals surface area contributed by atoms with Gasteiger partial charge >= 0.3 is 0 Å². The highest BCUT2D eigenvalue weighted by atomic mass is 35.5. The summed E-state index contributed by atoms with van der Waals surface area (Å²) in [6.45, 7) is 3.73. The van der Waals surface area contributed by atoms with Crippen LogP contribution in [-0.4, -0.2) is 36.5 Å². The Kier molecular flexibility index (Phi) is 7.62. The summed E-state index contributed by atoms with van der Waals surface area (Å²) < 4.78 is 18.7. The highest BCUT2D eigenvalue weighted by Gasteiger charge is 2.24. The number of likely N-dealkylation sites (tertiary alicyclic amines) is 1. The molecule has 1 aromatic carbocycles. The number of amides is 1. The summed E-state index contributed by atoms with van der Waals surface area (Å²) in [4.78, 5) is 13.9. The Morgan fingerprint density at radius 2 is 2.05 bits per heavy atom. The van der Waals surface area contributed by atoms with Crippen LogP contribution < -0.4 is 10.5 Å². The Balaban J connectivity index is 0.00000242. The van der Waals surface area contributed by atoms with Crippen molar-refractivity contribution in [3.8, 4) is 5.75 Å². The first-order chi connectivity index (χ1) is 10.1. The Bertz CT molecular complexity index is 477. The van der Waals surface area contributed by atoms with E-state index in [2.05, 4.69) is 0 Å². The molecular weight excluding hydrogens is 307 g/mol. The number of carbonyl (C=O) groups is 1. The summed E-state index contributed by atoms with van der Waals surface area (Å²) in [5.41, 5.74) is 5.89. The van der Waals surface area contributed by atoms with E-state index >= 15 is 0 Å². The van der Waals surface area contributed by atoms with Gasteiger partial charge < -0.3 is 15.4 Å². The molecule has 1 saturated heterocycles. The number of rotatable bonds is 5. The fourth-order valence-corrected chi connectivity index (χ4v) is 2.64. The van der Waals surface area contributed by atoms with E-state index in [1.165, 1.54) is 6.07 Å². The van der Waals surface area contributed by atoms with Crippen LogP contribution in [0, 0.1) is 11.7 Å². The molecule has 0 radical (unpaired) electrons. The molecule has 4 nitrogen and oxygen atoms in total. The van der Waals surface area contributed by atoms with Crippen LogP contribution in [0.4, 0.5) is 4.39 Å². The molecule has 1 heterocycles. The van der Waals surface area contributed by atoms with Crippen molar-refractivity contribution < 1.29 is 13.9 Å². The van der Waals surface area contributed by atoms with Crippen molar-refractivity contribution in [1.82, 2.24) is 4.90 Å². The summed E-state index contributed by atoms with van der Waals surface area (Å²) in [6.07, 6.45) is 2.19. The molecule has 22 heavy (non-hydrogen) atoms. The lowest BCUT2D eigenvalue weighted by atomic mass is 9.91. The fourth-order valence-electron chi connectivity index (χ4n) is 2.64. The van der Waals surface area contributed by atoms with Gasteiger partial charge in [-0.2, -0.15) is 0 Å². The summed E-state index contributed by atoms with van der Waals surface area (Å²) in [5, 5.41) is 0. The molecular formula is C16H24ClFN2O2. The molecule has 1 aromatic rings. The molecule has 0 aliphatic carbocycles. The van der Waals surface area contributed by atoms with Gasteiger partial charge in [0.1, 0.15) is 0 Å². The number of carbonyl (C=O) groups excluding carboxylic acids is 1. The zero-order valence-corrected chi connectivity index (χ0v) is 13.7. The van der Waals surface area contributed by atoms with Crippen LogP contribution in [0.1, 0.15) is 26.2 Å². The first-order valence-electron chi connectivity index (χ1n) is 7.48. The lowest BCUT2D eigenvalue weighted by Crippen LogP contribution is -2.42. The van der Waals surface area contributed by atoms with Crippen molar-refractivity contribution in [2.75, 3.05) is 19.7 Å². The molecule has 1 fully saturated rings. The van der Waals surface area contributed by atoms with Crippen LogP contribution in [0.2, 0.25) is 0 Å². The molecule has 2 N–H and O–H groups in total. The van der Waals surface area contributed by atoms with Gasteiger partial charge in [0.25, 0.3) is 0 Å². The van der Waals surface area contributed by atoms with Crippen molar-refractivity contribution in [1.29, 1.82) is 0 Å². The lowest BCUT2D eigenvalue weighted by Gasteiger charge is -2.33. The highest BCUT2D eigenvalue weighted by Crippen LogP contribution is 2.20. The molecule has 1 aliphatic rings. The predicted molar refractivity (Wildman–Crippen MR) is 86.7 cm³/mol. The molecule has 0 bridgehead atoms. The van der Waals surface area contributed by atoms with Crippen molar-refractivity contribution in [2.45, 2.75) is 32.2 Å². The third-order valence-corrected chi connectivity index (χ3v) is 4.05. The minimum Gasteiger partial charge on any atom is -0.490 e. The van der Waals surface area contributed by atoms with Crippen LogP contribution in [0.25, 0.3) is 0 Å². The number of benzene rings is 1. The quantitative estimate of drug-likeness (QED) is 0.903. The third kappa shape index (κ3) is 5.14. The lowest BCUT2D eigenvalue weighted by molar-refractivity contribution is -0.133. The van der Waals surface area contributed by atoms with Crippen molar-refractivity contribution >= 4 is 18.3 Å². The monoisotopic (exact) mass is 330 g/mol. The van der Waals surface area contributed by atoms with E-state index in [0.717, 1.165) is 25.9 Å². The van der Waals surface area contributed by atoms with Crippen molar-refractivity contribution in [3.63, 3.8) is 0 Å². The van der Waals surface area contributed by atoms with Gasteiger partial charge in [0.15, 0.2) is 11.6 Å². The summed E-state index contributed by atoms with van der Waals surface area (Å²) in [7, 11) is 0. The van der Waals surface area contributed by atoms with E-state index in [1.54, 1.807) is 18.2 Å². The van der Waals surface area contributed by atoms with E-state index in [1.807, 2.05) is 11.8 Å². The molecule has 1 unspecified atom stereocenters. The fraction of sp³-hybridized carbons (Fsp3) is 0.562. The largest absolute Gasteiger partial charge is 0.490 e. The second-order valence-corrected chi connectivity index (χ2v) is 5.61. The number of nitrogens with two attached hydrogens (primary N) is 1. The minimum atomic E-state index is -0.400. The maximum Gasteiger partial charge on any atom is 0.225 e. The van der Waals surface area contributed by atoms with E-state index in [0.29, 0.717) is 5.92 Å². The van der Waals surface area contributed by atoms with E-state index < -0.39 is 5.82 Å². The van der Waals surface area contributed by atoms with Crippen molar-refractivity contribution in [3.05, 3.63) is 30.1 Å². The van der Waals surface area contributed by atoms with E-state index in [-0.39, 0.29) is 43.1 Å². The zero-order valence-electron chi connectivity index (χ0n) is 12.8. The van der Waals surface area contributed by atoms with Gasteiger partial charge in [-0.05, 0) is 37.8 Å². The van der Waals surface area contributed by atoms with Gasteiger partial charge in [-0.3, -0.25) is 4.79 Å². The van der Waals surface area contributed by atoms with Gasteiger partial charge in [0, 0.05) is 19.1 Å². The maximum atomic E-state index is 13.4. The molecule has 1 atom stereocenters. The summed E-state index contributed by atoms with van der Waals surface area (Å²) >= 11 is 0. The molecule has 6 heteroatoms. The smallest absolute Gasteiger partial charge is 0.225 e. The molecule has 0 aromatic heterocycles. The molecule has 2 rings (SSSR count). The Labute approximate surface area is 137 Å². The standard InChI is InChI=1S/C16H23FN2O2.ClH/c1-12(18)13-6-9-19(10-7-13)16(20)8-11-21-15-5-3-2-4-14(15)17;/h2-5,12-13H,6-11,18H2,1H3;1H. The average molecular weight is 331 g/mol. The third-order valence-electron chi connectivity index (χ3n) is 4.05. The average Bonchev–Trinajstić information content (AvgIpc) is 2.49. The second kappa shape index (κ2) is 8.96. The van der Waals surface area contributed by atoms with Gasteiger partial charge in [-0.15, -0.1) is 12.4 Å². The Morgan fingerprint density at radius 3 is 2.64 bits per heavy atom. The second-order valence-electron chi connectivity index (χ2n) is 5.61. The van der Waals surface area contributed by atoms with Crippen LogP contribution >= 0.6 is 12.4 Å². The Morgan fingerprint density at radius 1 is 1.41 bits per heavy atom. The number of piperidine rings is 1.